The van der Waals surface area contributed by atoms with E-state index in [-0.39, 0.29) is 21.5 Å². The number of rotatable bonds is 4. The van der Waals surface area contributed by atoms with Crippen LogP contribution < -0.4 is 4.72 Å². The molecule has 0 amide bonds. The Morgan fingerprint density at radius 2 is 2.24 bits per heavy atom. The Hall–Kier alpha value is -1.13. The molecule has 1 heterocycles. The molecule has 0 saturated carbocycles. The summed E-state index contributed by atoms with van der Waals surface area (Å²) in [4.78, 5) is 2.27. The molecule has 1 aromatic rings. The molecule has 0 radical (unpaired) electrons. The quantitative estimate of drug-likeness (QED) is 0.917. The standard InChI is InChI=1S/C14H18ClN3O2S/c1-18-7-3-2-4-12(18)10-17-21(19,20)13-6-5-11(9-16)14(15)8-13/h5-6,8,12,17H,2-4,7,10H2,1H3. The van der Waals surface area contributed by atoms with Crippen molar-refractivity contribution >= 4 is 21.6 Å². The highest BCUT2D eigenvalue weighted by Gasteiger charge is 2.22. The fourth-order valence-electron chi connectivity index (χ4n) is 2.44. The number of likely N-dealkylation sites (tertiary alicyclic amines) is 1. The highest BCUT2D eigenvalue weighted by atomic mass is 35.5. The number of sulfonamides is 1. The van der Waals surface area contributed by atoms with Crippen molar-refractivity contribution in [2.24, 2.45) is 0 Å². The second-order valence-corrected chi connectivity index (χ2v) is 7.41. The van der Waals surface area contributed by atoms with Gasteiger partial charge in [-0.3, -0.25) is 0 Å². The van der Waals surface area contributed by atoms with Gasteiger partial charge in [0, 0.05) is 12.6 Å². The average Bonchev–Trinajstić information content (AvgIpc) is 2.46. The van der Waals surface area contributed by atoms with Crippen molar-refractivity contribution in [1.82, 2.24) is 9.62 Å². The van der Waals surface area contributed by atoms with Crippen molar-refractivity contribution in [2.75, 3.05) is 20.1 Å². The molecule has 1 atom stereocenters. The lowest BCUT2D eigenvalue weighted by Crippen LogP contribution is -2.44. The Bertz CT molecular complexity index is 655. The van der Waals surface area contributed by atoms with Crippen LogP contribution in [0.5, 0.6) is 0 Å². The molecule has 1 N–H and O–H groups in total. The zero-order valence-electron chi connectivity index (χ0n) is 11.8. The van der Waals surface area contributed by atoms with Crippen molar-refractivity contribution < 1.29 is 8.42 Å². The Kier molecular flexibility index (Phi) is 5.22. The summed E-state index contributed by atoms with van der Waals surface area (Å²) in [6.07, 6.45) is 3.28. The summed E-state index contributed by atoms with van der Waals surface area (Å²) in [6, 6.07) is 6.27. The number of halogens is 1. The molecule has 0 spiro atoms. The molecule has 5 nitrogen and oxygen atoms in total. The predicted octanol–water partition coefficient (Wildman–Crippen LogP) is 1.97. The highest BCUT2D eigenvalue weighted by Crippen LogP contribution is 2.20. The first kappa shape index (κ1) is 16.2. The summed E-state index contributed by atoms with van der Waals surface area (Å²) < 4.78 is 27.2. The van der Waals surface area contributed by atoms with Crippen LogP contribution >= 0.6 is 11.6 Å². The molecule has 0 aliphatic carbocycles. The minimum atomic E-state index is -3.60. The van der Waals surface area contributed by atoms with Gasteiger partial charge in [0.05, 0.1) is 15.5 Å². The van der Waals surface area contributed by atoms with E-state index in [1.807, 2.05) is 13.1 Å². The minimum Gasteiger partial charge on any atom is -0.302 e. The molecule has 114 valence electrons. The number of piperidine rings is 1. The fraction of sp³-hybridized carbons (Fsp3) is 0.500. The van der Waals surface area contributed by atoms with E-state index in [2.05, 4.69) is 9.62 Å². The van der Waals surface area contributed by atoms with Gasteiger partial charge in [-0.1, -0.05) is 18.0 Å². The molecule has 2 rings (SSSR count). The number of benzene rings is 1. The van der Waals surface area contributed by atoms with E-state index >= 15 is 0 Å². The molecule has 1 unspecified atom stereocenters. The summed E-state index contributed by atoms with van der Waals surface area (Å²) in [7, 11) is -1.59. The van der Waals surface area contributed by atoms with Crippen LogP contribution in [0.15, 0.2) is 23.1 Å². The summed E-state index contributed by atoms with van der Waals surface area (Å²) >= 11 is 5.88. The summed E-state index contributed by atoms with van der Waals surface area (Å²) in [5.74, 6) is 0. The lowest BCUT2D eigenvalue weighted by Gasteiger charge is -2.32. The van der Waals surface area contributed by atoms with Crippen LogP contribution in [0.25, 0.3) is 0 Å². The SMILES string of the molecule is CN1CCCCC1CNS(=O)(=O)c1ccc(C#N)c(Cl)c1. The van der Waals surface area contributed by atoms with Gasteiger partial charge in [0.25, 0.3) is 0 Å². The number of nitriles is 1. The minimum absolute atomic E-state index is 0.0879. The first-order chi connectivity index (χ1) is 9.94. The third kappa shape index (κ3) is 3.95. The maximum atomic E-state index is 12.3. The number of nitrogens with one attached hydrogen (secondary N) is 1. The van der Waals surface area contributed by atoms with E-state index in [0.717, 1.165) is 25.8 Å². The Morgan fingerprint density at radius 1 is 1.48 bits per heavy atom. The van der Waals surface area contributed by atoms with Crippen molar-refractivity contribution in [3.05, 3.63) is 28.8 Å². The maximum absolute atomic E-state index is 12.3. The molecule has 0 bridgehead atoms. The van der Waals surface area contributed by atoms with Gasteiger partial charge in [-0.15, -0.1) is 0 Å². The van der Waals surface area contributed by atoms with Crippen LogP contribution in [0.2, 0.25) is 5.02 Å². The molecule has 1 fully saturated rings. The van der Waals surface area contributed by atoms with Gasteiger partial charge < -0.3 is 4.90 Å². The topological polar surface area (TPSA) is 73.2 Å². The molecule has 1 aliphatic rings. The van der Waals surface area contributed by atoms with Crippen LogP contribution in [-0.4, -0.2) is 39.5 Å². The van der Waals surface area contributed by atoms with Gasteiger partial charge in [-0.2, -0.15) is 5.26 Å². The largest absolute Gasteiger partial charge is 0.302 e. The lowest BCUT2D eigenvalue weighted by molar-refractivity contribution is 0.187. The Labute approximate surface area is 130 Å². The van der Waals surface area contributed by atoms with E-state index in [4.69, 9.17) is 16.9 Å². The zero-order valence-corrected chi connectivity index (χ0v) is 13.4. The molecule has 1 aliphatic heterocycles. The van der Waals surface area contributed by atoms with E-state index in [9.17, 15) is 8.42 Å². The van der Waals surface area contributed by atoms with E-state index in [1.54, 1.807) is 0 Å². The summed E-state index contributed by atoms with van der Waals surface area (Å²) in [5, 5.41) is 8.96. The van der Waals surface area contributed by atoms with Gasteiger partial charge in [0.2, 0.25) is 10.0 Å². The van der Waals surface area contributed by atoms with Crippen molar-refractivity contribution in [1.29, 1.82) is 5.26 Å². The zero-order chi connectivity index (χ0) is 15.5. The van der Waals surface area contributed by atoms with E-state index in [0.29, 0.717) is 6.54 Å². The van der Waals surface area contributed by atoms with E-state index in [1.165, 1.54) is 18.2 Å². The van der Waals surface area contributed by atoms with Gasteiger partial charge in [0.1, 0.15) is 6.07 Å². The molecule has 7 heteroatoms. The van der Waals surface area contributed by atoms with Gasteiger partial charge in [-0.25, -0.2) is 13.1 Å². The predicted molar refractivity (Wildman–Crippen MR) is 81.6 cm³/mol. The fourth-order valence-corrected chi connectivity index (χ4v) is 3.83. The molecule has 1 saturated heterocycles. The Morgan fingerprint density at radius 3 is 2.86 bits per heavy atom. The van der Waals surface area contributed by atoms with Crippen LogP contribution in [0.3, 0.4) is 0 Å². The molecule has 1 aromatic carbocycles. The third-order valence-electron chi connectivity index (χ3n) is 3.80. The third-order valence-corrected chi connectivity index (χ3v) is 5.54. The van der Waals surface area contributed by atoms with Crippen molar-refractivity contribution in [3.63, 3.8) is 0 Å². The average molecular weight is 328 g/mol. The molecular formula is C14H18ClN3O2S. The van der Waals surface area contributed by atoms with Gasteiger partial charge in [0.15, 0.2) is 0 Å². The summed E-state index contributed by atoms with van der Waals surface area (Å²) in [6.45, 7) is 1.38. The highest BCUT2D eigenvalue weighted by molar-refractivity contribution is 7.89. The van der Waals surface area contributed by atoms with Crippen LogP contribution in [0.1, 0.15) is 24.8 Å². The van der Waals surface area contributed by atoms with Crippen molar-refractivity contribution in [2.45, 2.75) is 30.2 Å². The molecular weight excluding hydrogens is 310 g/mol. The van der Waals surface area contributed by atoms with Gasteiger partial charge >= 0.3 is 0 Å². The second-order valence-electron chi connectivity index (χ2n) is 5.24. The van der Waals surface area contributed by atoms with Crippen LogP contribution in [-0.2, 0) is 10.0 Å². The number of likely N-dealkylation sites (N-methyl/N-ethyl adjacent to an activating group) is 1. The second kappa shape index (κ2) is 6.75. The van der Waals surface area contributed by atoms with Crippen LogP contribution in [0, 0.1) is 11.3 Å². The smallest absolute Gasteiger partial charge is 0.240 e. The van der Waals surface area contributed by atoms with E-state index < -0.39 is 10.0 Å². The monoisotopic (exact) mass is 327 g/mol. The normalized spacial score (nSPS) is 20.1. The number of hydrogen-bond donors (Lipinski definition) is 1. The summed E-state index contributed by atoms with van der Waals surface area (Å²) in [5.41, 5.74) is 0.266. The lowest BCUT2D eigenvalue weighted by atomic mass is 10.0. The maximum Gasteiger partial charge on any atom is 0.240 e. The van der Waals surface area contributed by atoms with Crippen molar-refractivity contribution in [3.8, 4) is 6.07 Å². The van der Waals surface area contributed by atoms with Crippen LogP contribution in [0.4, 0.5) is 0 Å². The molecule has 21 heavy (non-hydrogen) atoms. The first-order valence-corrected chi connectivity index (χ1v) is 8.70. The number of nitrogens with zero attached hydrogens (tertiary/aromatic N) is 2. The number of hydrogen-bond acceptors (Lipinski definition) is 4. The Balaban J connectivity index is 2.08. The first-order valence-electron chi connectivity index (χ1n) is 6.83. The molecule has 0 aromatic heterocycles. The van der Waals surface area contributed by atoms with Gasteiger partial charge in [-0.05, 0) is 44.6 Å².